The average molecular weight is 371 g/mol. The summed E-state index contributed by atoms with van der Waals surface area (Å²) in [4.78, 5) is 27.0. The minimum atomic E-state index is -0.583. The molecule has 0 saturated carbocycles. The Labute approximate surface area is 152 Å². The highest BCUT2D eigenvalue weighted by Gasteiger charge is 2.18. The summed E-state index contributed by atoms with van der Waals surface area (Å²) in [6, 6.07) is 12.0. The van der Waals surface area contributed by atoms with Crippen LogP contribution in [0.15, 0.2) is 53.9 Å². The van der Waals surface area contributed by atoms with Gasteiger partial charge in [0, 0.05) is 30.0 Å². The number of amides is 1. The SMILES string of the molecule is O=C(NCCc1csc(-c2cccc(F)c2)n1)c1ccccc1[N+](=O)[O-]. The maximum Gasteiger partial charge on any atom is 0.282 e. The van der Waals surface area contributed by atoms with Crippen molar-refractivity contribution in [1.29, 1.82) is 0 Å². The first-order valence-corrected chi connectivity index (χ1v) is 8.64. The first kappa shape index (κ1) is 17.7. The number of nitro benzene ring substituents is 1. The zero-order chi connectivity index (χ0) is 18.5. The summed E-state index contributed by atoms with van der Waals surface area (Å²) in [7, 11) is 0. The second-order valence-electron chi connectivity index (χ2n) is 5.43. The molecule has 3 aromatic rings. The summed E-state index contributed by atoms with van der Waals surface area (Å²) in [5.74, 6) is -0.825. The van der Waals surface area contributed by atoms with E-state index in [2.05, 4.69) is 10.3 Å². The van der Waals surface area contributed by atoms with Gasteiger partial charge in [0.15, 0.2) is 0 Å². The normalized spacial score (nSPS) is 10.5. The Morgan fingerprint density at radius 3 is 2.81 bits per heavy atom. The van der Waals surface area contributed by atoms with Gasteiger partial charge in [0.1, 0.15) is 16.4 Å². The summed E-state index contributed by atoms with van der Waals surface area (Å²) in [5, 5.41) is 16.2. The van der Waals surface area contributed by atoms with Crippen molar-refractivity contribution < 1.29 is 14.1 Å². The summed E-state index contributed by atoms with van der Waals surface area (Å²) >= 11 is 1.39. The Hall–Kier alpha value is -3.13. The summed E-state index contributed by atoms with van der Waals surface area (Å²) in [6.45, 7) is 0.289. The second-order valence-corrected chi connectivity index (χ2v) is 6.29. The lowest BCUT2D eigenvalue weighted by Crippen LogP contribution is -2.26. The van der Waals surface area contributed by atoms with Crippen LogP contribution in [0.1, 0.15) is 16.1 Å². The molecule has 2 aromatic carbocycles. The number of thiazole rings is 1. The van der Waals surface area contributed by atoms with Gasteiger partial charge in [-0.2, -0.15) is 0 Å². The Balaban J connectivity index is 1.61. The zero-order valence-corrected chi connectivity index (χ0v) is 14.3. The van der Waals surface area contributed by atoms with E-state index in [1.807, 2.05) is 5.38 Å². The number of rotatable bonds is 6. The third-order valence-electron chi connectivity index (χ3n) is 3.64. The van der Waals surface area contributed by atoms with E-state index in [1.54, 1.807) is 18.2 Å². The van der Waals surface area contributed by atoms with Crippen molar-refractivity contribution in [2.45, 2.75) is 6.42 Å². The van der Waals surface area contributed by atoms with Crippen LogP contribution in [-0.2, 0) is 6.42 Å². The molecule has 3 rings (SSSR count). The van der Waals surface area contributed by atoms with Gasteiger partial charge in [-0.3, -0.25) is 14.9 Å². The zero-order valence-electron chi connectivity index (χ0n) is 13.5. The molecule has 0 atom stereocenters. The van der Waals surface area contributed by atoms with E-state index < -0.39 is 10.8 Å². The van der Waals surface area contributed by atoms with E-state index in [9.17, 15) is 19.3 Å². The quantitative estimate of drug-likeness (QED) is 0.527. The van der Waals surface area contributed by atoms with Gasteiger partial charge in [-0.1, -0.05) is 24.3 Å². The molecule has 1 aromatic heterocycles. The van der Waals surface area contributed by atoms with Crippen molar-refractivity contribution >= 4 is 22.9 Å². The van der Waals surface area contributed by atoms with Crippen LogP contribution in [0.2, 0.25) is 0 Å². The highest BCUT2D eigenvalue weighted by molar-refractivity contribution is 7.13. The second kappa shape index (κ2) is 7.83. The topological polar surface area (TPSA) is 85.1 Å². The molecule has 132 valence electrons. The van der Waals surface area contributed by atoms with E-state index in [1.165, 1.54) is 41.7 Å². The van der Waals surface area contributed by atoms with Gasteiger partial charge in [0.2, 0.25) is 0 Å². The number of para-hydroxylation sites is 1. The average Bonchev–Trinajstić information content (AvgIpc) is 3.10. The predicted octanol–water partition coefficient (Wildman–Crippen LogP) is 3.83. The van der Waals surface area contributed by atoms with Crippen LogP contribution in [0.25, 0.3) is 10.6 Å². The number of aromatic nitrogens is 1. The predicted molar refractivity (Wildman–Crippen MR) is 96.6 cm³/mol. The van der Waals surface area contributed by atoms with E-state index in [0.717, 1.165) is 5.69 Å². The van der Waals surface area contributed by atoms with Crippen LogP contribution in [0.3, 0.4) is 0 Å². The van der Waals surface area contributed by atoms with Crippen LogP contribution in [0.5, 0.6) is 0 Å². The largest absolute Gasteiger partial charge is 0.351 e. The monoisotopic (exact) mass is 371 g/mol. The van der Waals surface area contributed by atoms with Gasteiger partial charge in [0.05, 0.1) is 10.6 Å². The molecule has 0 unspecified atom stereocenters. The number of benzene rings is 2. The van der Waals surface area contributed by atoms with Crippen molar-refractivity contribution in [3.05, 3.63) is 81.1 Å². The smallest absolute Gasteiger partial charge is 0.282 e. The van der Waals surface area contributed by atoms with Crippen molar-refractivity contribution in [2.24, 2.45) is 0 Å². The van der Waals surface area contributed by atoms with Gasteiger partial charge < -0.3 is 5.32 Å². The fourth-order valence-corrected chi connectivity index (χ4v) is 3.25. The van der Waals surface area contributed by atoms with Crippen molar-refractivity contribution in [1.82, 2.24) is 10.3 Å². The van der Waals surface area contributed by atoms with Gasteiger partial charge in [-0.15, -0.1) is 11.3 Å². The Bertz CT molecular complexity index is 958. The van der Waals surface area contributed by atoms with Crippen molar-refractivity contribution in [2.75, 3.05) is 6.54 Å². The van der Waals surface area contributed by atoms with Crippen LogP contribution in [-0.4, -0.2) is 22.4 Å². The molecule has 0 aliphatic heterocycles. The van der Waals surface area contributed by atoms with Crippen molar-refractivity contribution in [3.63, 3.8) is 0 Å². The lowest BCUT2D eigenvalue weighted by molar-refractivity contribution is -0.385. The van der Waals surface area contributed by atoms with E-state index in [4.69, 9.17) is 0 Å². The molecule has 0 aliphatic carbocycles. The molecule has 0 radical (unpaired) electrons. The fraction of sp³-hybridized carbons (Fsp3) is 0.111. The van der Waals surface area contributed by atoms with Crippen LogP contribution in [0, 0.1) is 15.9 Å². The Kier molecular flexibility index (Phi) is 5.33. The third kappa shape index (κ3) is 4.09. The molecule has 1 amide bonds. The highest BCUT2D eigenvalue weighted by atomic mass is 32.1. The number of nitrogens with one attached hydrogen (secondary N) is 1. The molecule has 0 saturated heterocycles. The number of hydrogen-bond acceptors (Lipinski definition) is 5. The Morgan fingerprint density at radius 1 is 1.23 bits per heavy atom. The molecule has 8 heteroatoms. The van der Waals surface area contributed by atoms with Gasteiger partial charge in [0.25, 0.3) is 11.6 Å². The van der Waals surface area contributed by atoms with E-state index in [-0.39, 0.29) is 23.6 Å². The molecular formula is C18H14FN3O3S. The van der Waals surface area contributed by atoms with Crippen LogP contribution in [0.4, 0.5) is 10.1 Å². The van der Waals surface area contributed by atoms with Gasteiger partial charge >= 0.3 is 0 Å². The highest BCUT2D eigenvalue weighted by Crippen LogP contribution is 2.24. The first-order valence-electron chi connectivity index (χ1n) is 7.76. The number of halogens is 1. The maximum absolute atomic E-state index is 13.3. The fourth-order valence-electron chi connectivity index (χ4n) is 2.40. The number of carbonyl (C=O) groups excluding carboxylic acids is 1. The minimum absolute atomic E-state index is 0.0243. The third-order valence-corrected chi connectivity index (χ3v) is 4.58. The standard InChI is InChI=1S/C18H14FN3O3S/c19-13-5-3-4-12(10-13)18-21-14(11-26-18)8-9-20-17(23)15-6-1-2-7-16(15)22(24)25/h1-7,10-11H,8-9H2,(H,20,23). The molecular weight excluding hydrogens is 357 g/mol. The van der Waals surface area contributed by atoms with Crippen molar-refractivity contribution in [3.8, 4) is 10.6 Å². The van der Waals surface area contributed by atoms with E-state index in [0.29, 0.717) is 17.0 Å². The number of nitrogens with zero attached hydrogens (tertiary/aromatic N) is 2. The molecule has 0 bridgehead atoms. The molecule has 1 heterocycles. The Morgan fingerprint density at radius 2 is 2.04 bits per heavy atom. The maximum atomic E-state index is 13.3. The van der Waals surface area contributed by atoms with Crippen LogP contribution >= 0.6 is 11.3 Å². The molecule has 26 heavy (non-hydrogen) atoms. The number of hydrogen-bond donors (Lipinski definition) is 1. The van der Waals surface area contributed by atoms with E-state index >= 15 is 0 Å². The summed E-state index contributed by atoms with van der Waals surface area (Å²) in [5.41, 5.74) is 1.26. The number of carbonyl (C=O) groups is 1. The van der Waals surface area contributed by atoms with Crippen LogP contribution < -0.4 is 5.32 Å². The lowest BCUT2D eigenvalue weighted by atomic mass is 10.1. The van der Waals surface area contributed by atoms with Gasteiger partial charge in [-0.05, 0) is 18.2 Å². The lowest BCUT2D eigenvalue weighted by Gasteiger charge is -2.04. The summed E-state index contributed by atoms with van der Waals surface area (Å²) < 4.78 is 13.3. The molecule has 0 aliphatic rings. The number of nitro groups is 1. The molecule has 0 spiro atoms. The summed E-state index contributed by atoms with van der Waals surface area (Å²) in [6.07, 6.45) is 0.470. The molecule has 6 nitrogen and oxygen atoms in total. The minimum Gasteiger partial charge on any atom is -0.351 e. The molecule has 1 N–H and O–H groups in total. The van der Waals surface area contributed by atoms with Gasteiger partial charge in [-0.25, -0.2) is 9.37 Å². The molecule has 0 fully saturated rings. The first-order chi connectivity index (χ1) is 12.5.